The first-order valence-corrected chi connectivity index (χ1v) is 9.16. The molecule has 0 saturated carbocycles. The van der Waals surface area contributed by atoms with E-state index in [1.165, 1.54) is 24.3 Å². The molecule has 7 heteroatoms. The van der Waals surface area contributed by atoms with Crippen LogP contribution in [-0.2, 0) is 11.3 Å². The van der Waals surface area contributed by atoms with Crippen LogP contribution in [0.4, 0.5) is 0 Å². The summed E-state index contributed by atoms with van der Waals surface area (Å²) < 4.78 is 22.1. The van der Waals surface area contributed by atoms with Crippen LogP contribution in [0.3, 0.4) is 0 Å². The largest absolute Gasteiger partial charge is 0.507 e. The second kappa shape index (κ2) is 7.92. The number of benzene rings is 2. The average Bonchev–Trinajstić information content (AvgIpc) is 2.73. The van der Waals surface area contributed by atoms with E-state index in [4.69, 9.17) is 18.6 Å². The number of hydrogen-bond donors (Lipinski definition) is 2. The molecule has 0 spiro atoms. The molecular formula is C21H22NO6+. The average molecular weight is 384 g/mol. The highest BCUT2D eigenvalue weighted by Gasteiger charge is 2.21. The maximum Gasteiger partial charge on any atom is 0.235 e. The predicted octanol–water partition coefficient (Wildman–Crippen LogP) is 1.71. The maximum atomic E-state index is 13.0. The SMILES string of the molecule is COc1ccccc1Oc1coc2c(C[NH+]3CCOCC3)c(O)ccc2c1=O. The summed E-state index contributed by atoms with van der Waals surface area (Å²) in [6, 6.07) is 10.2. The van der Waals surface area contributed by atoms with Gasteiger partial charge in [-0.05, 0) is 24.3 Å². The summed E-state index contributed by atoms with van der Waals surface area (Å²) in [7, 11) is 1.54. The standard InChI is InChI=1S/C21H21NO6/c1-25-17-4-2-3-5-18(17)28-19-13-27-21-14(20(19)24)6-7-16(23)15(21)12-22-8-10-26-11-9-22/h2-7,13,23H,8-12H2,1H3/p+1. The van der Waals surface area contributed by atoms with Gasteiger partial charge in [-0.3, -0.25) is 4.79 Å². The number of rotatable bonds is 5. The monoisotopic (exact) mass is 384 g/mol. The van der Waals surface area contributed by atoms with Crippen molar-refractivity contribution in [2.24, 2.45) is 0 Å². The number of morpholine rings is 1. The van der Waals surface area contributed by atoms with Crippen molar-refractivity contribution in [1.29, 1.82) is 0 Å². The Bertz CT molecular complexity index is 1040. The number of nitrogens with one attached hydrogen (secondary N) is 1. The van der Waals surface area contributed by atoms with Gasteiger partial charge in [0.15, 0.2) is 17.1 Å². The molecule has 1 aromatic heterocycles. The van der Waals surface area contributed by atoms with Gasteiger partial charge in [-0.25, -0.2) is 0 Å². The lowest BCUT2D eigenvalue weighted by atomic mass is 10.1. The molecule has 7 nitrogen and oxygen atoms in total. The van der Waals surface area contributed by atoms with Gasteiger partial charge in [0.1, 0.15) is 31.6 Å². The zero-order valence-electron chi connectivity index (χ0n) is 15.6. The third-order valence-electron chi connectivity index (χ3n) is 4.90. The molecule has 0 atom stereocenters. The number of aromatic hydroxyl groups is 1. The summed E-state index contributed by atoms with van der Waals surface area (Å²) in [6.45, 7) is 3.61. The minimum absolute atomic E-state index is 0.0624. The van der Waals surface area contributed by atoms with Crippen molar-refractivity contribution < 1.29 is 28.6 Å². The van der Waals surface area contributed by atoms with Crippen LogP contribution < -0.4 is 19.8 Å². The summed E-state index contributed by atoms with van der Waals surface area (Å²) in [4.78, 5) is 14.2. The van der Waals surface area contributed by atoms with Gasteiger partial charge in [0, 0.05) is 0 Å². The smallest absolute Gasteiger partial charge is 0.235 e. The predicted molar refractivity (Wildman–Crippen MR) is 102 cm³/mol. The molecule has 1 aliphatic heterocycles. The Morgan fingerprint density at radius 1 is 1.07 bits per heavy atom. The molecule has 2 aromatic carbocycles. The zero-order chi connectivity index (χ0) is 19.5. The van der Waals surface area contributed by atoms with Gasteiger partial charge in [-0.15, -0.1) is 0 Å². The first-order valence-electron chi connectivity index (χ1n) is 9.16. The van der Waals surface area contributed by atoms with Crippen molar-refractivity contribution in [2.45, 2.75) is 6.54 Å². The molecule has 146 valence electrons. The van der Waals surface area contributed by atoms with Crippen molar-refractivity contribution in [3.05, 3.63) is 58.4 Å². The lowest BCUT2D eigenvalue weighted by Crippen LogP contribution is -3.12. The van der Waals surface area contributed by atoms with Crippen LogP contribution in [0, 0.1) is 0 Å². The summed E-state index contributed by atoms with van der Waals surface area (Å²) >= 11 is 0. The number of methoxy groups -OCH3 is 1. The molecule has 0 amide bonds. The fourth-order valence-electron chi connectivity index (χ4n) is 3.38. The molecule has 1 fully saturated rings. The Hall–Kier alpha value is -3.03. The Kier molecular flexibility index (Phi) is 5.18. The van der Waals surface area contributed by atoms with Crippen molar-refractivity contribution in [3.8, 4) is 23.0 Å². The Balaban J connectivity index is 1.71. The number of fused-ring (bicyclic) bond motifs is 1. The fourth-order valence-corrected chi connectivity index (χ4v) is 3.38. The number of phenolic OH excluding ortho intramolecular Hbond substituents is 1. The van der Waals surface area contributed by atoms with E-state index in [1.54, 1.807) is 24.3 Å². The van der Waals surface area contributed by atoms with E-state index in [0.717, 1.165) is 13.1 Å². The van der Waals surface area contributed by atoms with Crippen LogP contribution in [0.15, 0.2) is 51.9 Å². The molecule has 0 unspecified atom stereocenters. The lowest BCUT2D eigenvalue weighted by molar-refractivity contribution is -0.921. The summed E-state index contributed by atoms with van der Waals surface area (Å²) in [5.41, 5.74) is 0.706. The summed E-state index contributed by atoms with van der Waals surface area (Å²) in [6.07, 6.45) is 1.29. The highest BCUT2D eigenvalue weighted by atomic mass is 16.5. The molecule has 1 aliphatic rings. The van der Waals surface area contributed by atoms with Gasteiger partial charge in [-0.2, -0.15) is 0 Å². The molecule has 4 rings (SSSR count). The Morgan fingerprint density at radius 3 is 2.57 bits per heavy atom. The van der Waals surface area contributed by atoms with E-state index in [0.29, 0.717) is 47.8 Å². The first-order chi connectivity index (χ1) is 13.7. The number of quaternary nitrogens is 1. The van der Waals surface area contributed by atoms with E-state index in [2.05, 4.69) is 0 Å². The molecule has 3 aromatic rings. The quantitative estimate of drug-likeness (QED) is 0.697. The Morgan fingerprint density at radius 2 is 1.82 bits per heavy atom. The minimum atomic E-state index is -0.301. The van der Waals surface area contributed by atoms with Gasteiger partial charge in [0.05, 0.1) is 31.3 Å². The number of hydrogen-bond acceptors (Lipinski definition) is 6. The number of ether oxygens (including phenoxy) is 3. The first kappa shape index (κ1) is 18.3. The van der Waals surface area contributed by atoms with Crippen LogP contribution in [0.5, 0.6) is 23.0 Å². The van der Waals surface area contributed by atoms with Crippen LogP contribution in [0.25, 0.3) is 11.0 Å². The highest BCUT2D eigenvalue weighted by molar-refractivity contribution is 5.82. The van der Waals surface area contributed by atoms with Crippen molar-refractivity contribution in [2.75, 3.05) is 33.4 Å². The number of para-hydroxylation sites is 2. The number of phenols is 1. The molecule has 1 saturated heterocycles. The van der Waals surface area contributed by atoms with Crippen LogP contribution >= 0.6 is 0 Å². The minimum Gasteiger partial charge on any atom is -0.507 e. The second-order valence-corrected chi connectivity index (χ2v) is 6.66. The molecule has 28 heavy (non-hydrogen) atoms. The highest BCUT2D eigenvalue weighted by Crippen LogP contribution is 2.31. The van der Waals surface area contributed by atoms with Crippen molar-refractivity contribution in [3.63, 3.8) is 0 Å². The zero-order valence-corrected chi connectivity index (χ0v) is 15.6. The summed E-state index contributed by atoms with van der Waals surface area (Å²) in [5, 5.41) is 10.7. The topological polar surface area (TPSA) is 82.6 Å². The maximum absolute atomic E-state index is 13.0. The molecule has 0 aliphatic carbocycles. The third kappa shape index (κ3) is 3.54. The third-order valence-corrected chi connectivity index (χ3v) is 4.90. The molecule has 2 N–H and O–H groups in total. The lowest BCUT2D eigenvalue weighted by Gasteiger charge is -2.24. The van der Waals surface area contributed by atoms with E-state index in [-0.39, 0.29) is 16.9 Å². The molecule has 0 radical (unpaired) electrons. The van der Waals surface area contributed by atoms with Crippen molar-refractivity contribution >= 4 is 11.0 Å². The summed E-state index contributed by atoms with van der Waals surface area (Å²) in [5.74, 6) is 1.12. The Labute approximate surface area is 161 Å². The second-order valence-electron chi connectivity index (χ2n) is 6.66. The molecule has 0 bridgehead atoms. The van der Waals surface area contributed by atoms with Gasteiger partial charge in [-0.1, -0.05) is 12.1 Å². The van der Waals surface area contributed by atoms with E-state index >= 15 is 0 Å². The van der Waals surface area contributed by atoms with Crippen LogP contribution in [-0.4, -0.2) is 38.5 Å². The molecule has 2 heterocycles. The van der Waals surface area contributed by atoms with Crippen LogP contribution in [0.2, 0.25) is 0 Å². The van der Waals surface area contributed by atoms with Gasteiger partial charge >= 0.3 is 0 Å². The van der Waals surface area contributed by atoms with Gasteiger partial charge in [0.25, 0.3) is 0 Å². The van der Waals surface area contributed by atoms with Gasteiger partial charge < -0.3 is 28.6 Å². The van der Waals surface area contributed by atoms with E-state index in [1.807, 2.05) is 6.07 Å². The van der Waals surface area contributed by atoms with E-state index in [9.17, 15) is 9.90 Å². The van der Waals surface area contributed by atoms with Crippen molar-refractivity contribution in [1.82, 2.24) is 0 Å². The van der Waals surface area contributed by atoms with Gasteiger partial charge in [0.2, 0.25) is 11.2 Å². The molecular weight excluding hydrogens is 362 g/mol. The fraction of sp³-hybridized carbons (Fsp3) is 0.286. The normalized spacial score (nSPS) is 14.9. The van der Waals surface area contributed by atoms with Crippen LogP contribution in [0.1, 0.15) is 5.56 Å². The van der Waals surface area contributed by atoms with E-state index < -0.39 is 0 Å².